The van der Waals surface area contributed by atoms with Crippen LogP contribution >= 0.6 is 11.6 Å². The van der Waals surface area contributed by atoms with Crippen molar-refractivity contribution < 1.29 is 24.5 Å². The maximum Gasteiger partial charge on any atom is 0.273 e. The molecule has 0 saturated heterocycles. The van der Waals surface area contributed by atoms with Crippen molar-refractivity contribution in [3.05, 3.63) is 87.6 Å². The highest BCUT2D eigenvalue weighted by molar-refractivity contribution is 6.31. The molecule has 3 N–H and O–H groups in total. The average molecular weight is 520 g/mol. The minimum Gasteiger partial charge on any atom is -0.507 e. The van der Waals surface area contributed by atoms with Crippen LogP contribution in [0, 0.1) is 6.92 Å². The number of carbonyl (C=O) groups is 1. The van der Waals surface area contributed by atoms with Crippen LogP contribution in [0.1, 0.15) is 38.8 Å². The smallest absolute Gasteiger partial charge is 0.273 e. The van der Waals surface area contributed by atoms with E-state index in [1.165, 1.54) is 13.2 Å². The fraction of sp³-hybridized carbons (Fsp3) is 0.214. The predicted octanol–water partition coefficient (Wildman–Crippen LogP) is 5.25. The first-order valence-corrected chi connectivity index (χ1v) is 12.1. The Morgan fingerprint density at radius 3 is 2.49 bits per heavy atom. The molecule has 2 heterocycles. The number of phenols is 2. The number of hydrogen-bond donors (Lipinski definition) is 3. The van der Waals surface area contributed by atoms with Crippen molar-refractivity contribution in [2.75, 3.05) is 20.8 Å². The highest BCUT2D eigenvalue weighted by Gasteiger charge is 2.42. The molecule has 0 spiro atoms. The van der Waals surface area contributed by atoms with Gasteiger partial charge in [0.25, 0.3) is 5.91 Å². The molecule has 8 nitrogen and oxygen atoms in total. The molecule has 37 heavy (non-hydrogen) atoms. The molecule has 9 heteroatoms. The Morgan fingerprint density at radius 1 is 1.03 bits per heavy atom. The molecule has 4 aromatic rings. The number of benzene rings is 3. The number of aryl methyl sites for hydroxylation is 1. The summed E-state index contributed by atoms with van der Waals surface area (Å²) in [6.45, 7) is 2.22. The topological polar surface area (TPSA) is 108 Å². The van der Waals surface area contributed by atoms with Gasteiger partial charge in [0.05, 0.1) is 20.3 Å². The fourth-order valence-corrected chi connectivity index (χ4v) is 4.90. The van der Waals surface area contributed by atoms with Gasteiger partial charge in [-0.2, -0.15) is 5.10 Å². The molecule has 0 unspecified atom stereocenters. The number of nitrogens with one attached hydrogen (secondary N) is 1. The lowest BCUT2D eigenvalue weighted by atomic mass is 9.95. The zero-order chi connectivity index (χ0) is 26.3. The van der Waals surface area contributed by atoms with Crippen molar-refractivity contribution in [1.29, 1.82) is 0 Å². The minimum atomic E-state index is -0.538. The molecule has 1 amide bonds. The highest BCUT2D eigenvalue weighted by Crippen LogP contribution is 2.46. The molecule has 0 aliphatic carbocycles. The Balaban J connectivity index is 1.60. The first-order valence-electron chi connectivity index (χ1n) is 11.7. The number of hydrogen-bond acceptors (Lipinski definition) is 6. The van der Waals surface area contributed by atoms with Gasteiger partial charge in [0.2, 0.25) is 0 Å². The summed E-state index contributed by atoms with van der Waals surface area (Å²) >= 11 is 6.38. The number of methoxy groups -OCH3 is 2. The van der Waals surface area contributed by atoms with E-state index in [4.69, 9.17) is 21.1 Å². The summed E-state index contributed by atoms with van der Waals surface area (Å²) in [5.41, 5.74) is 4.34. The van der Waals surface area contributed by atoms with E-state index in [1.807, 2.05) is 24.3 Å². The van der Waals surface area contributed by atoms with Gasteiger partial charge in [-0.05, 0) is 66.4 Å². The summed E-state index contributed by atoms with van der Waals surface area (Å²) in [6.07, 6.45) is 0.607. The summed E-state index contributed by atoms with van der Waals surface area (Å²) < 4.78 is 10.6. The van der Waals surface area contributed by atoms with E-state index in [2.05, 4.69) is 10.2 Å². The second kappa shape index (κ2) is 9.71. The van der Waals surface area contributed by atoms with Crippen molar-refractivity contribution in [3.8, 4) is 34.3 Å². The molecule has 1 aliphatic rings. The zero-order valence-electron chi connectivity index (χ0n) is 20.6. The van der Waals surface area contributed by atoms with Crippen LogP contribution in [0.15, 0.2) is 54.6 Å². The summed E-state index contributed by atoms with van der Waals surface area (Å²) in [5.74, 6) is 0.854. The molecule has 0 bridgehead atoms. The largest absolute Gasteiger partial charge is 0.507 e. The van der Waals surface area contributed by atoms with Gasteiger partial charge in [-0.15, -0.1) is 0 Å². The van der Waals surface area contributed by atoms with Gasteiger partial charge in [0, 0.05) is 22.7 Å². The van der Waals surface area contributed by atoms with E-state index in [1.54, 1.807) is 43.2 Å². The monoisotopic (exact) mass is 519 g/mol. The van der Waals surface area contributed by atoms with Crippen LogP contribution in [0.2, 0.25) is 5.02 Å². The Labute approximate surface area is 219 Å². The lowest BCUT2D eigenvalue weighted by Gasteiger charge is -2.27. The van der Waals surface area contributed by atoms with Crippen molar-refractivity contribution in [2.45, 2.75) is 19.4 Å². The number of aromatic nitrogens is 2. The Bertz CT molecular complexity index is 1480. The van der Waals surface area contributed by atoms with Gasteiger partial charge in [0.15, 0.2) is 11.5 Å². The molecule has 3 aromatic carbocycles. The van der Waals surface area contributed by atoms with E-state index in [-0.39, 0.29) is 17.4 Å². The SMILES string of the molecule is COc1ccc(CCN2C(=O)c3[nH]nc(-c4cc(Cl)c(C)cc4O)c3[C@@H]2c2ccc(O)c(OC)c2)cc1. The van der Waals surface area contributed by atoms with Gasteiger partial charge in [-0.1, -0.05) is 29.8 Å². The number of halogens is 1. The third-order valence-electron chi connectivity index (χ3n) is 6.72. The van der Waals surface area contributed by atoms with Gasteiger partial charge in [-0.3, -0.25) is 9.89 Å². The molecule has 0 fully saturated rings. The molecule has 190 valence electrons. The number of amides is 1. The average Bonchev–Trinajstić information content (AvgIpc) is 3.44. The normalized spacial score (nSPS) is 14.6. The number of nitrogens with zero attached hydrogens (tertiary/aromatic N) is 2. The zero-order valence-corrected chi connectivity index (χ0v) is 21.3. The summed E-state index contributed by atoms with van der Waals surface area (Å²) in [5, 5.41) is 28.7. The van der Waals surface area contributed by atoms with E-state index < -0.39 is 6.04 Å². The lowest BCUT2D eigenvalue weighted by molar-refractivity contribution is 0.0745. The highest BCUT2D eigenvalue weighted by atomic mass is 35.5. The number of phenolic OH excluding ortho intramolecular Hbond substituents is 2. The van der Waals surface area contributed by atoms with E-state index in [0.29, 0.717) is 46.3 Å². The number of ether oxygens (including phenoxy) is 2. The van der Waals surface area contributed by atoms with Crippen molar-refractivity contribution in [1.82, 2.24) is 15.1 Å². The van der Waals surface area contributed by atoms with Gasteiger partial charge in [-0.25, -0.2) is 0 Å². The second-order valence-electron chi connectivity index (χ2n) is 8.91. The van der Waals surface area contributed by atoms with Crippen LogP contribution in [-0.4, -0.2) is 52.0 Å². The van der Waals surface area contributed by atoms with Crippen LogP contribution in [-0.2, 0) is 6.42 Å². The van der Waals surface area contributed by atoms with Crippen molar-refractivity contribution in [2.24, 2.45) is 0 Å². The maximum atomic E-state index is 13.6. The molecule has 1 aromatic heterocycles. The van der Waals surface area contributed by atoms with Crippen LogP contribution in [0.25, 0.3) is 11.3 Å². The quantitative estimate of drug-likeness (QED) is 0.307. The number of H-pyrrole nitrogens is 1. The molecule has 1 aliphatic heterocycles. The van der Waals surface area contributed by atoms with E-state index in [9.17, 15) is 15.0 Å². The lowest BCUT2D eigenvalue weighted by Crippen LogP contribution is -2.31. The number of carbonyl (C=O) groups excluding carboxylic acids is 1. The van der Waals surface area contributed by atoms with Crippen LogP contribution in [0.5, 0.6) is 23.0 Å². The molecule has 1 atom stereocenters. The van der Waals surface area contributed by atoms with Crippen LogP contribution < -0.4 is 9.47 Å². The first-order chi connectivity index (χ1) is 17.8. The molecular formula is C28H26ClN3O5. The number of rotatable bonds is 7. The fourth-order valence-electron chi connectivity index (χ4n) is 4.74. The standard InChI is InChI=1S/C28H26ClN3O5/c1-15-12-22(34)19(14-20(15)29)25-24-26(31-30-25)28(35)32(11-10-16-4-7-18(36-2)8-5-16)27(24)17-6-9-21(33)23(13-17)37-3/h4-9,12-14,27,33-34H,10-11H2,1-3H3,(H,30,31)/t27-/m0/s1. The van der Waals surface area contributed by atoms with E-state index >= 15 is 0 Å². The molecule has 0 radical (unpaired) electrons. The minimum absolute atomic E-state index is 0.00374. The molecule has 5 rings (SSSR count). The third kappa shape index (κ3) is 4.34. The summed E-state index contributed by atoms with van der Waals surface area (Å²) in [4.78, 5) is 15.4. The van der Waals surface area contributed by atoms with Gasteiger partial charge in [0.1, 0.15) is 22.9 Å². The first kappa shape index (κ1) is 24.5. The molecular weight excluding hydrogens is 494 g/mol. The number of aromatic hydroxyl groups is 2. The maximum absolute atomic E-state index is 13.6. The van der Waals surface area contributed by atoms with Crippen molar-refractivity contribution in [3.63, 3.8) is 0 Å². The third-order valence-corrected chi connectivity index (χ3v) is 7.12. The summed E-state index contributed by atoms with van der Waals surface area (Å²) in [7, 11) is 3.09. The number of aromatic amines is 1. The Morgan fingerprint density at radius 2 is 1.78 bits per heavy atom. The van der Waals surface area contributed by atoms with E-state index in [0.717, 1.165) is 22.4 Å². The Hall–Kier alpha value is -4.17. The molecule has 0 saturated carbocycles. The second-order valence-corrected chi connectivity index (χ2v) is 9.32. The van der Waals surface area contributed by atoms with Gasteiger partial charge < -0.3 is 24.6 Å². The Kier molecular flexibility index (Phi) is 6.43. The predicted molar refractivity (Wildman–Crippen MR) is 140 cm³/mol. The van der Waals surface area contributed by atoms with Crippen LogP contribution in [0.3, 0.4) is 0 Å². The van der Waals surface area contributed by atoms with Crippen molar-refractivity contribution >= 4 is 17.5 Å². The number of fused-ring (bicyclic) bond motifs is 1. The van der Waals surface area contributed by atoms with Crippen LogP contribution in [0.4, 0.5) is 0 Å². The summed E-state index contributed by atoms with van der Waals surface area (Å²) in [6, 6.07) is 15.4. The van der Waals surface area contributed by atoms with Gasteiger partial charge >= 0.3 is 0 Å².